The van der Waals surface area contributed by atoms with Crippen LogP contribution in [0.3, 0.4) is 0 Å². The molecule has 0 spiro atoms. The molecule has 0 atom stereocenters. The zero-order valence-electron chi connectivity index (χ0n) is 15.7. The maximum Gasteiger partial charge on any atom is 0.233 e. The van der Waals surface area contributed by atoms with Gasteiger partial charge in [-0.15, -0.1) is 0 Å². The number of benzene rings is 2. The Hall–Kier alpha value is -2.99. The van der Waals surface area contributed by atoms with Gasteiger partial charge in [-0.3, -0.25) is 0 Å². The Labute approximate surface area is 164 Å². The molecule has 0 aliphatic rings. The van der Waals surface area contributed by atoms with E-state index in [1.807, 2.05) is 62.4 Å². The molecule has 6 nitrogen and oxygen atoms in total. The van der Waals surface area contributed by atoms with Gasteiger partial charge < -0.3 is 15.4 Å². The highest BCUT2D eigenvalue weighted by Crippen LogP contribution is 2.19. The van der Waals surface area contributed by atoms with Crippen LogP contribution in [0.1, 0.15) is 25.0 Å². The minimum Gasteiger partial charge on any atom is -0.324 e. The van der Waals surface area contributed by atoms with Crippen LogP contribution >= 0.6 is 11.6 Å². The fourth-order valence-corrected chi connectivity index (χ4v) is 2.15. The van der Waals surface area contributed by atoms with Crippen molar-refractivity contribution >= 4 is 40.7 Å². The van der Waals surface area contributed by atoms with Crippen molar-refractivity contribution in [3.8, 4) is 0 Å². The van der Waals surface area contributed by atoms with Gasteiger partial charge in [0.2, 0.25) is 17.2 Å². The quantitative estimate of drug-likeness (QED) is 0.642. The molecule has 27 heavy (non-hydrogen) atoms. The zero-order chi connectivity index (χ0) is 19.8. The third-order valence-corrected chi connectivity index (χ3v) is 3.39. The molecule has 140 valence electrons. The maximum atomic E-state index is 9.44. The smallest absolute Gasteiger partial charge is 0.233 e. The number of hydrogen-bond acceptors (Lipinski definition) is 6. The second kappa shape index (κ2) is 9.64. The van der Waals surface area contributed by atoms with E-state index in [0.29, 0.717) is 11.9 Å². The number of halogens is 1. The van der Waals surface area contributed by atoms with E-state index in [-0.39, 0.29) is 11.1 Å². The minimum atomic E-state index is 0.129. The average molecular weight is 384 g/mol. The van der Waals surface area contributed by atoms with Gasteiger partial charge in [-0.2, -0.15) is 15.0 Å². The number of Topliss-reactive ketones (excluding diaryl/α,β-unsaturated/α-hetero) is 1. The van der Waals surface area contributed by atoms with Crippen LogP contribution in [0.15, 0.2) is 48.5 Å². The van der Waals surface area contributed by atoms with Gasteiger partial charge in [0.25, 0.3) is 0 Å². The van der Waals surface area contributed by atoms with E-state index in [1.165, 1.54) is 25.0 Å². The number of carbonyl (C=O) groups is 1. The normalized spacial score (nSPS) is 9.81. The van der Waals surface area contributed by atoms with Crippen molar-refractivity contribution in [2.24, 2.45) is 0 Å². The third kappa shape index (κ3) is 7.42. The minimum absolute atomic E-state index is 0.129. The summed E-state index contributed by atoms with van der Waals surface area (Å²) in [6, 6.07) is 15.9. The summed E-state index contributed by atoms with van der Waals surface area (Å²) in [6.07, 6.45) is 0. The van der Waals surface area contributed by atoms with Crippen molar-refractivity contribution in [3.63, 3.8) is 0 Å². The van der Waals surface area contributed by atoms with Gasteiger partial charge in [-0.25, -0.2) is 0 Å². The summed E-state index contributed by atoms with van der Waals surface area (Å²) in [5.41, 5.74) is 4.15. The van der Waals surface area contributed by atoms with E-state index in [9.17, 15) is 4.79 Å². The second-order valence-corrected chi connectivity index (χ2v) is 6.48. The first-order valence-corrected chi connectivity index (χ1v) is 8.76. The van der Waals surface area contributed by atoms with Crippen molar-refractivity contribution < 1.29 is 4.79 Å². The van der Waals surface area contributed by atoms with Crippen LogP contribution < -0.4 is 10.6 Å². The fourth-order valence-electron chi connectivity index (χ4n) is 1.99. The van der Waals surface area contributed by atoms with E-state index in [0.717, 1.165) is 11.4 Å². The Kier molecular flexibility index (Phi) is 7.25. The predicted molar refractivity (Wildman–Crippen MR) is 110 cm³/mol. The van der Waals surface area contributed by atoms with Crippen LogP contribution in [0, 0.1) is 13.8 Å². The molecule has 0 aliphatic heterocycles. The van der Waals surface area contributed by atoms with Crippen molar-refractivity contribution in [1.29, 1.82) is 0 Å². The SMILES string of the molecule is CC(C)=O.Cc1ccc(Nc2nc(Cl)nc(Nc3ccc(C)cc3)n2)cc1. The zero-order valence-corrected chi connectivity index (χ0v) is 16.5. The van der Waals surface area contributed by atoms with Gasteiger partial charge in [0, 0.05) is 11.4 Å². The van der Waals surface area contributed by atoms with Crippen LogP contribution in [0.2, 0.25) is 5.28 Å². The first-order chi connectivity index (χ1) is 12.8. The highest BCUT2D eigenvalue weighted by Gasteiger charge is 2.06. The largest absolute Gasteiger partial charge is 0.324 e. The molecule has 0 fully saturated rings. The molecule has 1 aromatic heterocycles. The maximum absolute atomic E-state index is 9.44. The summed E-state index contributed by atoms with van der Waals surface area (Å²) < 4.78 is 0. The molecule has 2 aromatic carbocycles. The molecule has 3 aromatic rings. The predicted octanol–water partition coefficient (Wildman–Crippen LogP) is 5.22. The lowest BCUT2D eigenvalue weighted by atomic mass is 10.2. The summed E-state index contributed by atoms with van der Waals surface area (Å²) >= 11 is 5.99. The summed E-state index contributed by atoms with van der Waals surface area (Å²) in [5, 5.41) is 6.37. The van der Waals surface area contributed by atoms with Gasteiger partial charge >= 0.3 is 0 Å². The number of nitrogens with zero attached hydrogens (tertiary/aromatic N) is 3. The third-order valence-electron chi connectivity index (χ3n) is 3.22. The highest BCUT2D eigenvalue weighted by molar-refractivity contribution is 6.28. The Balaban J connectivity index is 0.000000596. The number of aryl methyl sites for hydroxylation is 2. The second-order valence-electron chi connectivity index (χ2n) is 6.14. The molecule has 7 heteroatoms. The first-order valence-electron chi connectivity index (χ1n) is 8.38. The van der Waals surface area contributed by atoms with Gasteiger partial charge in [0.15, 0.2) is 0 Å². The van der Waals surface area contributed by atoms with Gasteiger partial charge in [0.1, 0.15) is 5.78 Å². The summed E-state index contributed by atoms with van der Waals surface area (Å²) in [7, 11) is 0. The van der Waals surface area contributed by atoms with Crippen LogP contribution in [0.4, 0.5) is 23.3 Å². The molecular formula is C20H22ClN5O. The molecule has 1 heterocycles. The monoisotopic (exact) mass is 383 g/mol. The van der Waals surface area contributed by atoms with E-state index in [4.69, 9.17) is 11.6 Å². The van der Waals surface area contributed by atoms with Crippen LogP contribution in [0.5, 0.6) is 0 Å². The molecule has 2 N–H and O–H groups in total. The Morgan fingerprint density at radius 3 is 1.41 bits per heavy atom. The number of ketones is 1. The molecule has 0 bridgehead atoms. The molecule has 0 saturated carbocycles. The highest BCUT2D eigenvalue weighted by atomic mass is 35.5. The van der Waals surface area contributed by atoms with Gasteiger partial charge in [0.05, 0.1) is 0 Å². The molecular weight excluding hydrogens is 362 g/mol. The lowest BCUT2D eigenvalue weighted by Gasteiger charge is -2.09. The Morgan fingerprint density at radius 1 is 0.741 bits per heavy atom. The summed E-state index contributed by atoms with van der Waals surface area (Å²) in [5.74, 6) is 0.951. The number of rotatable bonds is 4. The molecule has 3 rings (SSSR count). The Morgan fingerprint density at radius 2 is 1.07 bits per heavy atom. The number of nitrogens with one attached hydrogen (secondary N) is 2. The lowest BCUT2D eigenvalue weighted by Crippen LogP contribution is -2.04. The molecule has 0 amide bonds. The van der Waals surface area contributed by atoms with E-state index in [1.54, 1.807) is 0 Å². The molecule has 0 unspecified atom stereocenters. The van der Waals surface area contributed by atoms with E-state index < -0.39 is 0 Å². The summed E-state index contributed by atoms with van der Waals surface area (Å²) in [6.45, 7) is 7.13. The van der Waals surface area contributed by atoms with Gasteiger partial charge in [-0.1, -0.05) is 35.4 Å². The number of carbonyl (C=O) groups excluding carboxylic acids is 1. The summed E-state index contributed by atoms with van der Waals surface area (Å²) in [4.78, 5) is 22.0. The van der Waals surface area contributed by atoms with Crippen LogP contribution in [0.25, 0.3) is 0 Å². The number of hydrogen-bond donors (Lipinski definition) is 2. The van der Waals surface area contributed by atoms with Crippen LogP contribution in [-0.4, -0.2) is 20.7 Å². The topological polar surface area (TPSA) is 79.8 Å². The van der Waals surface area contributed by atoms with Gasteiger partial charge in [-0.05, 0) is 63.6 Å². The fraction of sp³-hybridized carbons (Fsp3) is 0.200. The van der Waals surface area contributed by atoms with E-state index in [2.05, 4.69) is 25.6 Å². The lowest BCUT2D eigenvalue weighted by molar-refractivity contribution is -0.114. The van der Waals surface area contributed by atoms with Crippen molar-refractivity contribution in [3.05, 3.63) is 64.9 Å². The molecule has 0 radical (unpaired) electrons. The molecule has 0 saturated heterocycles. The van der Waals surface area contributed by atoms with Crippen LogP contribution in [-0.2, 0) is 4.79 Å². The van der Waals surface area contributed by atoms with Crippen molar-refractivity contribution in [1.82, 2.24) is 15.0 Å². The number of aromatic nitrogens is 3. The average Bonchev–Trinajstić information content (AvgIpc) is 2.58. The molecule has 0 aliphatic carbocycles. The standard InChI is InChI=1S/C17H16ClN5.C3H6O/c1-11-3-7-13(8-4-11)19-16-21-15(18)22-17(23-16)20-14-9-5-12(2)6-10-14;1-3(2)4/h3-10H,1-2H3,(H2,19,20,21,22,23);1-2H3. The van der Waals surface area contributed by atoms with Crippen molar-refractivity contribution in [2.75, 3.05) is 10.6 Å². The number of anilines is 4. The Bertz CT molecular complexity index is 826. The van der Waals surface area contributed by atoms with E-state index >= 15 is 0 Å². The first kappa shape index (κ1) is 20.3. The van der Waals surface area contributed by atoms with Crippen molar-refractivity contribution in [2.45, 2.75) is 27.7 Å².